The minimum Gasteiger partial charge on any atom is -0.480 e. The average molecular weight is 371 g/mol. The van der Waals surface area contributed by atoms with Crippen LogP contribution in [0, 0.1) is 6.92 Å². The lowest BCUT2D eigenvalue weighted by Gasteiger charge is -2.10. The third-order valence-electron chi connectivity index (χ3n) is 3.85. The van der Waals surface area contributed by atoms with Gasteiger partial charge in [-0.25, -0.2) is 14.8 Å². The average Bonchev–Trinajstić information content (AvgIpc) is 2.98. The maximum absolute atomic E-state index is 12.5. The number of ether oxygens (including phenoxy) is 1. The monoisotopic (exact) mass is 371 g/mol. The van der Waals surface area contributed by atoms with Crippen LogP contribution >= 0.6 is 11.3 Å². The smallest absolute Gasteiger partial charge is 0.349 e. The molecule has 1 atom stereocenters. The molecule has 2 heterocycles. The number of carboxylic acid groups (broad SMARTS) is 1. The van der Waals surface area contributed by atoms with Crippen LogP contribution in [0.1, 0.15) is 27.7 Å². The second-order valence-electron chi connectivity index (χ2n) is 5.72. The fourth-order valence-corrected chi connectivity index (χ4v) is 3.47. The molecule has 1 unspecified atom stereocenters. The third kappa shape index (κ3) is 3.65. The summed E-state index contributed by atoms with van der Waals surface area (Å²) < 4.78 is 5.39. The van der Waals surface area contributed by atoms with Crippen LogP contribution in [0.25, 0.3) is 10.2 Å². The fourth-order valence-electron chi connectivity index (χ4n) is 2.43. The topological polar surface area (TPSA) is 101 Å². The fraction of sp³-hybridized carbons (Fsp3) is 0.222. The maximum atomic E-state index is 12.5. The Hall–Kier alpha value is -3.00. The van der Waals surface area contributed by atoms with Gasteiger partial charge in [0.1, 0.15) is 34.5 Å². The molecule has 0 amide bonds. The van der Waals surface area contributed by atoms with E-state index in [1.54, 1.807) is 6.92 Å². The molecule has 3 aromatic rings. The first-order valence-corrected chi connectivity index (χ1v) is 8.73. The van der Waals surface area contributed by atoms with Gasteiger partial charge in [0.15, 0.2) is 0 Å². The number of benzene rings is 1. The lowest BCUT2D eigenvalue weighted by atomic mass is 10.2. The zero-order valence-electron chi connectivity index (χ0n) is 14.2. The van der Waals surface area contributed by atoms with E-state index in [1.165, 1.54) is 24.6 Å². The lowest BCUT2D eigenvalue weighted by molar-refractivity contribution is -0.137. The number of carboxylic acids is 1. The van der Waals surface area contributed by atoms with Crippen molar-refractivity contribution in [3.05, 3.63) is 52.7 Å². The van der Waals surface area contributed by atoms with Crippen LogP contribution in [0.2, 0.25) is 0 Å². The van der Waals surface area contributed by atoms with E-state index in [9.17, 15) is 9.59 Å². The number of aliphatic carboxylic acids is 1. The van der Waals surface area contributed by atoms with Crippen molar-refractivity contribution < 1.29 is 19.4 Å². The van der Waals surface area contributed by atoms with Gasteiger partial charge in [-0.3, -0.25) is 4.79 Å². The minimum atomic E-state index is -0.993. The van der Waals surface area contributed by atoms with Crippen LogP contribution in [0.5, 0.6) is 0 Å². The second kappa shape index (κ2) is 7.49. The van der Waals surface area contributed by atoms with E-state index in [0.29, 0.717) is 26.5 Å². The number of aryl methyl sites for hydroxylation is 1. The van der Waals surface area contributed by atoms with Crippen molar-refractivity contribution in [2.24, 2.45) is 0 Å². The summed E-state index contributed by atoms with van der Waals surface area (Å²) in [7, 11) is 0. The number of anilines is 1. The Balaban J connectivity index is 1.86. The molecule has 1 aromatic carbocycles. The highest BCUT2D eigenvalue weighted by molar-refractivity contribution is 7.20. The predicted octanol–water partition coefficient (Wildman–Crippen LogP) is 3.24. The van der Waals surface area contributed by atoms with E-state index in [2.05, 4.69) is 15.3 Å². The molecular formula is C18H17N3O4S. The molecule has 3 rings (SSSR count). The number of hydrogen-bond acceptors (Lipinski definition) is 7. The SMILES string of the molecule is Cc1c(C(=O)OCc2ccccc2)sc2ncnc(NC(C)C(=O)O)c12. The molecule has 0 spiro atoms. The first-order chi connectivity index (χ1) is 12.5. The van der Waals surface area contributed by atoms with Gasteiger partial charge in [-0.2, -0.15) is 0 Å². The number of esters is 1. The first kappa shape index (κ1) is 17.8. The van der Waals surface area contributed by atoms with Crippen LogP contribution in [-0.4, -0.2) is 33.1 Å². The van der Waals surface area contributed by atoms with Gasteiger partial charge in [-0.05, 0) is 25.0 Å². The van der Waals surface area contributed by atoms with Gasteiger partial charge in [0.05, 0.1) is 5.39 Å². The molecule has 8 heteroatoms. The molecule has 0 fully saturated rings. The highest BCUT2D eigenvalue weighted by Gasteiger charge is 2.22. The molecule has 0 aliphatic carbocycles. The zero-order valence-corrected chi connectivity index (χ0v) is 15.0. The van der Waals surface area contributed by atoms with Crippen molar-refractivity contribution in [3.8, 4) is 0 Å². The first-order valence-electron chi connectivity index (χ1n) is 7.92. The molecule has 0 radical (unpaired) electrons. The van der Waals surface area contributed by atoms with Crippen molar-refractivity contribution in [1.82, 2.24) is 9.97 Å². The van der Waals surface area contributed by atoms with Crippen molar-refractivity contribution in [2.75, 3.05) is 5.32 Å². The molecule has 0 aliphatic heterocycles. The lowest BCUT2D eigenvalue weighted by Crippen LogP contribution is -2.26. The quantitative estimate of drug-likeness (QED) is 0.641. The Morgan fingerprint density at radius 1 is 1.27 bits per heavy atom. The summed E-state index contributed by atoms with van der Waals surface area (Å²) in [6, 6.07) is 8.60. The number of hydrogen-bond donors (Lipinski definition) is 2. The molecule has 0 bridgehead atoms. The molecule has 0 saturated carbocycles. The van der Waals surface area contributed by atoms with Crippen molar-refractivity contribution in [1.29, 1.82) is 0 Å². The van der Waals surface area contributed by atoms with Crippen molar-refractivity contribution >= 4 is 39.3 Å². The summed E-state index contributed by atoms with van der Waals surface area (Å²) in [4.78, 5) is 32.9. The summed E-state index contributed by atoms with van der Waals surface area (Å²) in [5, 5.41) is 12.6. The molecule has 2 aromatic heterocycles. The Bertz CT molecular complexity index is 956. The Morgan fingerprint density at radius 2 is 2.00 bits per heavy atom. The predicted molar refractivity (Wildman–Crippen MR) is 98.4 cm³/mol. The van der Waals surface area contributed by atoms with E-state index in [1.807, 2.05) is 30.3 Å². The highest BCUT2D eigenvalue weighted by Crippen LogP contribution is 2.34. The van der Waals surface area contributed by atoms with Crippen LogP contribution in [-0.2, 0) is 16.1 Å². The molecular weight excluding hydrogens is 354 g/mol. The summed E-state index contributed by atoms with van der Waals surface area (Å²) in [5.41, 5.74) is 1.57. The summed E-state index contributed by atoms with van der Waals surface area (Å²) >= 11 is 1.20. The maximum Gasteiger partial charge on any atom is 0.349 e. The number of nitrogens with zero attached hydrogens (tertiary/aromatic N) is 2. The standard InChI is InChI=1S/C18H17N3O4S/c1-10-13-15(21-11(2)17(22)23)19-9-20-16(13)26-14(10)18(24)25-8-12-6-4-3-5-7-12/h3-7,9,11H,8H2,1-2H3,(H,22,23)(H,19,20,21). The number of thiophene rings is 1. The van der Waals surface area contributed by atoms with Crippen LogP contribution in [0.4, 0.5) is 5.82 Å². The Labute approximate surface area is 153 Å². The largest absolute Gasteiger partial charge is 0.480 e. The number of fused-ring (bicyclic) bond motifs is 1. The van der Waals surface area contributed by atoms with Gasteiger partial charge in [-0.15, -0.1) is 11.3 Å². The van der Waals surface area contributed by atoms with E-state index < -0.39 is 18.0 Å². The summed E-state index contributed by atoms with van der Waals surface area (Å²) in [6.07, 6.45) is 1.34. The minimum absolute atomic E-state index is 0.181. The van der Waals surface area contributed by atoms with Crippen LogP contribution in [0.15, 0.2) is 36.7 Å². The van der Waals surface area contributed by atoms with Gasteiger partial charge < -0.3 is 15.2 Å². The molecule has 7 nitrogen and oxygen atoms in total. The molecule has 26 heavy (non-hydrogen) atoms. The number of aromatic nitrogens is 2. The number of nitrogens with one attached hydrogen (secondary N) is 1. The molecule has 134 valence electrons. The van der Waals surface area contributed by atoms with E-state index in [4.69, 9.17) is 9.84 Å². The summed E-state index contributed by atoms with van der Waals surface area (Å²) in [5.74, 6) is -1.04. The Kier molecular flexibility index (Phi) is 5.13. The normalized spacial score (nSPS) is 11.9. The molecule has 0 saturated heterocycles. The van der Waals surface area contributed by atoms with Gasteiger partial charge in [0.25, 0.3) is 0 Å². The van der Waals surface area contributed by atoms with Gasteiger partial charge >= 0.3 is 11.9 Å². The number of carbonyl (C=O) groups is 2. The van der Waals surface area contributed by atoms with Gasteiger partial charge in [0, 0.05) is 0 Å². The van der Waals surface area contributed by atoms with E-state index >= 15 is 0 Å². The Morgan fingerprint density at radius 3 is 2.69 bits per heavy atom. The third-order valence-corrected chi connectivity index (χ3v) is 5.03. The second-order valence-corrected chi connectivity index (χ2v) is 6.72. The molecule has 0 aliphatic rings. The number of carbonyl (C=O) groups excluding carboxylic acids is 1. The van der Waals surface area contributed by atoms with E-state index in [0.717, 1.165) is 5.56 Å². The van der Waals surface area contributed by atoms with Gasteiger partial charge in [0.2, 0.25) is 0 Å². The van der Waals surface area contributed by atoms with Crippen molar-refractivity contribution in [3.63, 3.8) is 0 Å². The van der Waals surface area contributed by atoms with Crippen molar-refractivity contribution in [2.45, 2.75) is 26.5 Å². The van der Waals surface area contributed by atoms with E-state index in [-0.39, 0.29) is 6.61 Å². The highest BCUT2D eigenvalue weighted by atomic mass is 32.1. The number of rotatable bonds is 6. The zero-order chi connectivity index (χ0) is 18.7. The van der Waals surface area contributed by atoms with Crippen LogP contribution in [0.3, 0.4) is 0 Å². The molecule has 2 N–H and O–H groups in total. The summed E-state index contributed by atoms with van der Waals surface area (Å²) in [6.45, 7) is 3.48. The van der Waals surface area contributed by atoms with Gasteiger partial charge in [-0.1, -0.05) is 30.3 Å². The van der Waals surface area contributed by atoms with Crippen LogP contribution < -0.4 is 5.32 Å².